The lowest BCUT2D eigenvalue weighted by Gasteiger charge is -2.60. The van der Waals surface area contributed by atoms with E-state index in [1.165, 1.54) is 29.7 Å². The summed E-state index contributed by atoms with van der Waals surface area (Å²) in [4.78, 5) is 39.8. The van der Waals surface area contributed by atoms with Crippen LogP contribution in [0.2, 0.25) is 0 Å². The first-order valence-electron chi connectivity index (χ1n) is 15.2. The molecule has 1 heterocycles. The molecule has 0 saturated heterocycles. The number of nitrogens with one attached hydrogen (secondary N) is 1. The molecule has 9 heteroatoms. The second-order valence-electron chi connectivity index (χ2n) is 13.4. The second kappa shape index (κ2) is 8.96. The van der Waals surface area contributed by atoms with Crippen LogP contribution < -0.4 is 14.8 Å². The van der Waals surface area contributed by atoms with Crippen molar-refractivity contribution in [3.05, 3.63) is 59.2 Å². The number of hydrogen-bond acceptors (Lipinski definition) is 7. The van der Waals surface area contributed by atoms with Crippen molar-refractivity contribution in [3.63, 3.8) is 0 Å². The highest BCUT2D eigenvalue weighted by atomic mass is 16.6. The molecule has 6 atom stereocenters. The van der Waals surface area contributed by atoms with Gasteiger partial charge in [0.25, 0.3) is 0 Å². The maximum Gasteiger partial charge on any atom is 0.415 e. The van der Waals surface area contributed by atoms with Crippen molar-refractivity contribution in [1.29, 1.82) is 0 Å². The first-order valence-corrected chi connectivity index (χ1v) is 15.2. The number of alkyl carbamates (subject to hydrolysis) is 1. The molecule has 4 fully saturated rings. The normalized spacial score (nSPS) is 34.1. The van der Waals surface area contributed by atoms with E-state index >= 15 is 0 Å². The van der Waals surface area contributed by atoms with Gasteiger partial charge in [-0.2, -0.15) is 0 Å². The number of amides is 2. The number of likely N-dealkylation sites (N-methyl/N-ethyl adjacent to an activating group) is 1. The third-order valence-corrected chi connectivity index (χ3v) is 11.2. The van der Waals surface area contributed by atoms with Crippen molar-refractivity contribution >= 4 is 18.0 Å². The monoisotopic (exact) mass is 572 g/mol. The van der Waals surface area contributed by atoms with Crippen molar-refractivity contribution in [2.45, 2.75) is 74.1 Å². The van der Waals surface area contributed by atoms with Gasteiger partial charge in [0.2, 0.25) is 0 Å². The molecule has 2 aromatic carbocycles. The van der Waals surface area contributed by atoms with E-state index in [0.717, 1.165) is 29.9 Å². The predicted molar refractivity (Wildman–Crippen MR) is 150 cm³/mol. The Morgan fingerprint density at radius 3 is 2.76 bits per heavy atom. The Labute approximate surface area is 244 Å². The molecule has 2 amide bonds. The van der Waals surface area contributed by atoms with Crippen molar-refractivity contribution in [3.8, 4) is 11.5 Å². The molecule has 1 aliphatic heterocycles. The summed E-state index contributed by atoms with van der Waals surface area (Å²) in [6.07, 6.45) is 4.44. The average Bonchev–Trinajstić information content (AvgIpc) is 3.59. The SMILES string of the molecule is CN(CCNC(=O)OCc1ccccc1)C(=O)Oc1ccc2c3c1O[C@H]1C(=O)CC[C@@]4(O)[C@@H]5[C@@H](CC6CC6)CC25C[C@]314. The van der Waals surface area contributed by atoms with E-state index in [-0.39, 0.29) is 42.6 Å². The summed E-state index contributed by atoms with van der Waals surface area (Å²) in [6.45, 7) is 0.554. The summed E-state index contributed by atoms with van der Waals surface area (Å²) < 4.78 is 17.4. The predicted octanol–water partition coefficient (Wildman–Crippen LogP) is 4.23. The quantitative estimate of drug-likeness (QED) is 0.487. The van der Waals surface area contributed by atoms with Gasteiger partial charge < -0.3 is 29.5 Å². The molecule has 1 unspecified atom stereocenters. The Balaban J connectivity index is 0.972. The van der Waals surface area contributed by atoms with E-state index in [0.29, 0.717) is 24.5 Å². The highest BCUT2D eigenvalue weighted by Crippen LogP contribution is 2.83. The van der Waals surface area contributed by atoms with Gasteiger partial charge in [-0.25, -0.2) is 9.59 Å². The summed E-state index contributed by atoms with van der Waals surface area (Å²) in [7, 11) is 1.59. The maximum absolute atomic E-state index is 13.3. The maximum atomic E-state index is 13.3. The number of rotatable bonds is 8. The Bertz CT molecular complexity index is 1490. The van der Waals surface area contributed by atoms with E-state index in [4.69, 9.17) is 14.2 Å². The molecule has 5 aliphatic carbocycles. The van der Waals surface area contributed by atoms with Gasteiger partial charge in [0.1, 0.15) is 6.61 Å². The fourth-order valence-corrected chi connectivity index (χ4v) is 9.45. The lowest BCUT2D eigenvalue weighted by atomic mass is 9.45. The fraction of sp³-hybridized carbons (Fsp3) is 0.545. The number of ether oxygens (including phenoxy) is 3. The average molecular weight is 573 g/mol. The molecule has 220 valence electrons. The molecule has 2 spiro atoms. The Kier molecular flexibility index (Phi) is 5.56. The molecule has 8 rings (SSSR count). The van der Waals surface area contributed by atoms with Crippen LogP contribution in [0.4, 0.5) is 9.59 Å². The van der Waals surface area contributed by atoms with Gasteiger partial charge >= 0.3 is 12.2 Å². The van der Waals surface area contributed by atoms with Crippen LogP contribution in [0.3, 0.4) is 0 Å². The Morgan fingerprint density at radius 1 is 1.17 bits per heavy atom. The molecular weight excluding hydrogens is 536 g/mol. The number of carbonyl (C=O) groups excluding carboxylic acids is 3. The minimum absolute atomic E-state index is 0.0264. The molecule has 42 heavy (non-hydrogen) atoms. The van der Waals surface area contributed by atoms with E-state index in [1.807, 2.05) is 36.4 Å². The van der Waals surface area contributed by atoms with Crippen LogP contribution in [-0.4, -0.2) is 59.8 Å². The number of benzene rings is 2. The van der Waals surface area contributed by atoms with E-state index in [2.05, 4.69) is 5.32 Å². The zero-order chi connectivity index (χ0) is 28.9. The fourth-order valence-electron chi connectivity index (χ4n) is 9.45. The van der Waals surface area contributed by atoms with Crippen LogP contribution in [0.15, 0.2) is 42.5 Å². The highest BCUT2D eigenvalue weighted by molar-refractivity contribution is 5.91. The third kappa shape index (κ3) is 3.43. The smallest absolute Gasteiger partial charge is 0.415 e. The van der Waals surface area contributed by atoms with Gasteiger partial charge in [0, 0.05) is 43.5 Å². The molecular formula is C33H36N2O7. The summed E-state index contributed by atoms with van der Waals surface area (Å²) in [6, 6.07) is 13.2. The standard InChI is InChI=1S/C33H36N2O7/c1-35(14-13-34-29(37)40-17-20-5-3-2-4-6-20)30(38)41-24-10-9-22-25-26(24)42-28-23(36)11-12-33(39)27-21(15-19-7-8-19)16-31(22,27)18-32(25,28)33/h2-6,9-10,19,21,27-28,39H,7-8,11-18H2,1H3,(H,34,37)/t21-,27+,28-,31?,32-,33+/m0/s1. The third-order valence-electron chi connectivity index (χ3n) is 11.2. The van der Waals surface area contributed by atoms with E-state index in [9.17, 15) is 19.5 Å². The van der Waals surface area contributed by atoms with Gasteiger partial charge in [-0.3, -0.25) is 4.79 Å². The Hall–Kier alpha value is -3.59. The number of hydrogen-bond donors (Lipinski definition) is 2. The molecule has 0 aromatic heterocycles. The van der Waals surface area contributed by atoms with Crippen molar-refractivity contribution in [1.82, 2.24) is 10.2 Å². The van der Waals surface area contributed by atoms with Gasteiger partial charge in [0.15, 0.2) is 23.4 Å². The number of Topliss-reactive ketones (excluding diaryl/α,β-unsaturated/α-hetero) is 1. The molecule has 2 bridgehead atoms. The molecule has 4 saturated carbocycles. The van der Waals surface area contributed by atoms with Crippen molar-refractivity contribution < 1.29 is 33.7 Å². The van der Waals surface area contributed by atoms with Crippen LogP contribution in [0.5, 0.6) is 11.5 Å². The molecule has 2 aromatic rings. The zero-order valence-electron chi connectivity index (χ0n) is 23.8. The summed E-state index contributed by atoms with van der Waals surface area (Å²) >= 11 is 0. The molecule has 2 N–H and O–H groups in total. The van der Waals surface area contributed by atoms with Crippen LogP contribution in [-0.2, 0) is 27.0 Å². The minimum Gasteiger partial charge on any atom is -0.477 e. The molecule has 6 aliphatic rings. The van der Waals surface area contributed by atoms with Gasteiger partial charge in [0.05, 0.1) is 11.0 Å². The van der Waals surface area contributed by atoms with E-state index in [1.54, 1.807) is 13.1 Å². The number of aliphatic hydroxyl groups is 1. The summed E-state index contributed by atoms with van der Waals surface area (Å²) in [5.41, 5.74) is 1.13. The first-order chi connectivity index (χ1) is 20.3. The first kappa shape index (κ1) is 26.1. The number of fused-ring (bicyclic) bond motifs is 1. The van der Waals surface area contributed by atoms with Gasteiger partial charge in [-0.05, 0) is 54.7 Å². The highest BCUT2D eigenvalue weighted by Gasteiger charge is 2.86. The van der Waals surface area contributed by atoms with Crippen LogP contribution in [0.25, 0.3) is 0 Å². The Morgan fingerprint density at radius 2 is 1.98 bits per heavy atom. The van der Waals surface area contributed by atoms with Crippen LogP contribution >= 0.6 is 0 Å². The van der Waals surface area contributed by atoms with Crippen molar-refractivity contribution in [2.24, 2.45) is 17.8 Å². The molecule has 0 radical (unpaired) electrons. The zero-order valence-corrected chi connectivity index (χ0v) is 23.8. The second-order valence-corrected chi connectivity index (χ2v) is 13.4. The lowest BCUT2D eigenvalue weighted by Crippen LogP contribution is -2.67. The number of nitrogens with zero attached hydrogens (tertiary/aromatic N) is 1. The van der Waals surface area contributed by atoms with E-state index < -0.39 is 29.3 Å². The topological polar surface area (TPSA) is 114 Å². The largest absolute Gasteiger partial charge is 0.477 e. The summed E-state index contributed by atoms with van der Waals surface area (Å²) in [5, 5.41) is 15.1. The van der Waals surface area contributed by atoms with Gasteiger partial charge in [-0.1, -0.05) is 49.2 Å². The van der Waals surface area contributed by atoms with Crippen molar-refractivity contribution in [2.75, 3.05) is 20.1 Å². The minimum atomic E-state index is -0.970. The summed E-state index contributed by atoms with van der Waals surface area (Å²) in [5.74, 6) is 2.18. The number of carbonyl (C=O) groups is 3. The van der Waals surface area contributed by atoms with Gasteiger partial charge in [-0.15, -0.1) is 0 Å². The lowest BCUT2D eigenvalue weighted by molar-refractivity contribution is -0.168. The molecule has 9 nitrogen and oxygen atoms in total. The van der Waals surface area contributed by atoms with Crippen LogP contribution in [0.1, 0.15) is 61.6 Å². The number of ketones is 1. The van der Waals surface area contributed by atoms with Crippen LogP contribution in [0, 0.1) is 17.8 Å².